The molecule has 0 bridgehead atoms. The number of rotatable bonds is 2. The minimum atomic E-state index is -0.242. The monoisotopic (exact) mass is 251 g/mol. The van der Waals surface area contributed by atoms with Crippen LogP contribution in [0.4, 0.5) is 0 Å². The zero-order valence-corrected chi connectivity index (χ0v) is 10.6. The first-order valence-corrected chi connectivity index (χ1v) is 5.97. The molecule has 1 fully saturated rings. The first-order valence-electron chi connectivity index (χ1n) is 5.97. The van der Waals surface area contributed by atoms with Crippen molar-refractivity contribution in [2.45, 2.75) is 12.8 Å². The van der Waals surface area contributed by atoms with Crippen LogP contribution in [0, 0.1) is 5.92 Å². The van der Waals surface area contributed by atoms with Gasteiger partial charge in [-0.1, -0.05) is 0 Å². The van der Waals surface area contributed by atoms with E-state index < -0.39 is 0 Å². The van der Waals surface area contributed by atoms with Gasteiger partial charge in [0.25, 0.3) is 5.91 Å². The lowest BCUT2D eigenvalue weighted by molar-refractivity contribution is -0.146. The number of piperidine rings is 1. The van der Waals surface area contributed by atoms with Gasteiger partial charge in [0.2, 0.25) is 0 Å². The van der Waals surface area contributed by atoms with Crippen LogP contribution in [0.2, 0.25) is 0 Å². The molecule has 1 aromatic heterocycles. The van der Waals surface area contributed by atoms with Crippen molar-refractivity contribution in [2.75, 3.05) is 20.2 Å². The maximum atomic E-state index is 12.2. The van der Waals surface area contributed by atoms with Crippen molar-refractivity contribution in [1.82, 2.24) is 14.5 Å². The van der Waals surface area contributed by atoms with Crippen LogP contribution in [-0.2, 0) is 16.6 Å². The summed E-state index contributed by atoms with van der Waals surface area (Å²) in [7, 11) is 3.19. The molecule has 1 saturated heterocycles. The third kappa shape index (κ3) is 2.52. The highest BCUT2D eigenvalue weighted by Crippen LogP contribution is 2.19. The van der Waals surface area contributed by atoms with Gasteiger partial charge in [-0.25, -0.2) is 4.98 Å². The lowest BCUT2D eigenvalue weighted by Crippen LogP contribution is -2.42. The summed E-state index contributed by atoms with van der Waals surface area (Å²) in [5.41, 5.74) is 0.419. The van der Waals surface area contributed by atoms with Crippen LogP contribution in [0.25, 0.3) is 0 Å². The van der Waals surface area contributed by atoms with E-state index in [2.05, 4.69) is 4.98 Å². The highest BCUT2D eigenvalue weighted by atomic mass is 16.5. The number of hydrogen-bond donors (Lipinski definition) is 0. The zero-order valence-electron chi connectivity index (χ0n) is 10.6. The normalized spacial score (nSPS) is 19.7. The van der Waals surface area contributed by atoms with Gasteiger partial charge in [0.05, 0.1) is 19.4 Å². The Morgan fingerprint density at radius 3 is 2.89 bits per heavy atom. The largest absolute Gasteiger partial charge is 0.469 e. The first kappa shape index (κ1) is 12.6. The van der Waals surface area contributed by atoms with Crippen LogP contribution in [-0.4, -0.2) is 46.5 Å². The smallest absolute Gasteiger partial charge is 0.310 e. The molecule has 1 aliphatic heterocycles. The van der Waals surface area contributed by atoms with Crippen molar-refractivity contribution >= 4 is 11.9 Å². The summed E-state index contributed by atoms with van der Waals surface area (Å²) < 4.78 is 6.46. The first-order chi connectivity index (χ1) is 8.61. The van der Waals surface area contributed by atoms with Gasteiger partial charge >= 0.3 is 5.97 Å². The van der Waals surface area contributed by atoms with Gasteiger partial charge in [0, 0.05) is 26.3 Å². The van der Waals surface area contributed by atoms with E-state index in [-0.39, 0.29) is 17.8 Å². The Hall–Kier alpha value is -1.85. The third-order valence-corrected chi connectivity index (χ3v) is 3.17. The molecule has 6 heteroatoms. The number of aromatic nitrogens is 2. The molecule has 2 heterocycles. The van der Waals surface area contributed by atoms with Crippen LogP contribution in [0.3, 0.4) is 0 Å². The molecular weight excluding hydrogens is 234 g/mol. The van der Waals surface area contributed by atoms with E-state index in [0.717, 1.165) is 12.8 Å². The summed E-state index contributed by atoms with van der Waals surface area (Å²) in [5.74, 6) is -0.575. The SMILES string of the molecule is COC(=O)C1CCCN(C(=O)c2cn(C)cn2)C1. The molecule has 1 amide bonds. The summed E-state index contributed by atoms with van der Waals surface area (Å²) in [6.07, 6.45) is 4.87. The number of ether oxygens (including phenoxy) is 1. The summed E-state index contributed by atoms with van der Waals surface area (Å²) in [5, 5.41) is 0. The topological polar surface area (TPSA) is 64.4 Å². The minimum absolute atomic E-state index is 0.121. The molecule has 18 heavy (non-hydrogen) atoms. The van der Waals surface area contributed by atoms with Crippen LogP contribution >= 0.6 is 0 Å². The Bertz CT molecular complexity index is 455. The van der Waals surface area contributed by atoms with Crippen molar-refractivity contribution in [3.05, 3.63) is 18.2 Å². The molecule has 0 aliphatic carbocycles. The molecule has 0 radical (unpaired) electrons. The average molecular weight is 251 g/mol. The lowest BCUT2D eigenvalue weighted by Gasteiger charge is -2.30. The lowest BCUT2D eigenvalue weighted by atomic mass is 9.98. The zero-order chi connectivity index (χ0) is 13.1. The Morgan fingerprint density at radius 1 is 1.50 bits per heavy atom. The van der Waals surface area contributed by atoms with E-state index in [1.807, 2.05) is 7.05 Å². The van der Waals surface area contributed by atoms with E-state index in [1.165, 1.54) is 7.11 Å². The maximum absolute atomic E-state index is 12.2. The molecule has 1 aromatic rings. The van der Waals surface area contributed by atoms with Crippen LogP contribution in [0.1, 0.15) is 23.3 Å². The Balaban J connectivity index is 2.05. The van der Waals surface area contributed by atoms with E-state index in [1.54, 1.807) is 22.0 Å². The molecular formula is C12H17N3O3. The number of likely N-dealkylation sites (tertiary alicyclic amines) is 1. The fourth-order valence-electron chi connectivity index (χ4n) is 2.21. The molecule has 1 unspecified atom stereocenters. The Labute approximate surface area is 106 Å². The van der Waals surface area contributed by atoms with Gasteiger partial charge < -0.3 is 14.2 Å². The number of nitrogens with zero attached hydrogens (tertiary/aromatic N) is 3. The number of hydrogen-bond acceptors (Lipinski definition) is 4. The number of amides is 1. The van der Waals surface area contributed by atoms with Crippen LogP contribution < -0.4 is 0 Å². The number of aryl methyl sites for hydroxylation is 1. The van der Waals surface area contributed by atoms with Gasteiger partial charge in [-0.05, 0) is 12.8 Å². The quantitative estimate of drug-likeness (QED) is 0.716. The molecule has 0 saturated carbocycles. The van der Waals surface area contributed by atoms with Crippen molar-refractivity contribution in [1.29, 1.82) is 0 Å². The molecule has 1 aliphatic rings. The van der Waals surface area contributed by atoms with E-state index in [4.69, 9.17) is 4.74 Å². The average Bonchev–Trinajstić information content (AvgIpc) is 2.83. The fourth-order valence-corrected chi connectivity index (χ4v) is 2.21. The van der Waals surface area contributed by atoms with E-state index >= 15 is 0 Å². The van der Waals surface area contributed by atoms with E-state index in [9.17, 15) is 9.59 Å². The summed E-state index contributed by atoms with van der Waals surface area (Å²) in [6.45, 7) is 1.09. The van der Waals surface area contributed by atoms with Gasteiger partial charge in [-0.15, -0.1) is 0 Å². The van der Waals surface area contributed by atoms with Gasteiger partial charge in [-0.2, -0.15) is 0 Å². The molecule has 2 rings (SSSR count). The molecule has 98 valence electrons. The number of imidazole rings is 1. The number of carbonyl (C=O) groups excluding carboxylic acids is 2. The standard InChI is InChI=1S/C12H17N3O3/c1-14-7-10(13-8-14)11(16)15-5-3-4-9(6-15)12(17)18-2/h7-9H,3-6H2,1-2H3. The molecule has 1 atom stereocenters. The third-order valence-electron chi connectivity index (χ3n) is 3.17. The fraction of sp³-hybridized carbons (Fsp3) is 0.583. The van der Waals surface area contributed by atoms with Crippen molar-refractivity contribution in [2.24, 2.45) is 13.0 Å². The second kappa shape index (κ2) is 5.20. The van der Waals surface area contributed by atoms with Crippen molar-refractivity contribution in [3.8, 4) is 0 Å². The van der Waals surface area contributed by atoms with Crippen LogP contribution in [0.15, 0.2) is 12.5 Å². The van der Waals surface area contributed by atoms with Gasteiger partial charge in [-0.3, -0.25) is 9.59 Å². The molecule has 0 spiro atoms. The van der Waals surface area contributed by atoms with Gasteiger partial charge in [0.15, 0.2) is 0 Å². The van der Waals surface area contributed by atoms with E-state index in [0.29, 0.717) is 18.8 Å². The minimum Gasteiger partial charge on any atom is -0.469 e. The molecule has 0 N–H and O–H groups in total. The number of methoxy groups -OCH3 is 1. The summed E-state index contributed by atoms with van der Waals surface area (Å²) in [4.78, 5) is 29.4. The summed E-state index contributed by atoms with van der Waals surface area (Å²) >= 11 is 0. The molecule has 6 nitrogen and oxygen atoms in total. The predicted octanol–water partition coefficient (Wildman–Crippen LogP) is 0.445. The van der Waals surface area contributed by atoms with Crippen LogP contribution in [0.5, 0.6) is 0 Å². The van der Waals surface area contributed by atoms with Crippen molar-refractivity contribution < 1.29 is 14.3 Å². The van der Waals surface area contributed by atoms with Gasteiger partial charge in [0.1, 0.15) is 5.69 Å². The van der Waals surface area contributed by atoms with Crippen molar-refractivity contribution in [3.63, 3.8) is 0 Å². The summed E-state index contributed by atoms with van der Waals surface area (Å²) in [6, 6.07) is 0. The second-order valence-electron chi connectivity index (χ2n) is 4.54. The predicted molar refractivity (Wildman–Crippen MR) is 63.9 cm³/mol. The number of esters is 1. The Kier molecular flexibility index (Phi) is 3.64. The maximum Gasteiger partial charge on any atom is 0.310 e. The highest BCUT2D eigenvalue weighted by molar-refractivity contribution is 5.92. The second-order valence-corrected chi connectivity index (χ2v) is 4.54. The molecule has 0 aromatic carbocycles. The Morgan fingerprint density at radius 2 is 2.28 bits per heavy atom. The highest BCUT2D eigenvalue weighted by Gasteiger charge is 2.30. The number of carbonyl (C=O) groups is 2.